The molecule has 1 nitrogen and oxygen atoms in total. The lowest BCUT2D eigenvalue weighted by Crippen LogP contribution is -2.07. The number of rotatable bonds is 4. The minimum absolute atomic E-state index is 0.0312. The molecule has 0 saturated heterocycles. The molecule has 0 bridgehead atoms. The quantitative estimate of drug-likeness (QED) is 0.400. The van der Waals surface area contributed by atoms with E-state index in [9.17, 15) is 17.6 Å². The Morgan fingerprint density at radius 3 is 2.00 bits per heavy atom. The van der Waals surface area contributed by atoms with Crippen molar-refractivity contribution in [1.29, 1.82) is 0 Å². The van der Waals surface area contributed by atoms with Gasteiger partial charge in [0.1, 0.15) is 0 Å². The molecule has 2 rings (SSSR count). The minimum Gasteiger partial charge on any atom is -0.273 e. The summed E-state index contributed by atoms with van der Waals surface area (Å²) in [7, 11) is 0. The van der Waals surface area contributed by atoms with E-state index in [1.807, 2.05) is 18.2 Å². The molecule has 0 amide bonds. The molecule has 0 saturated carbocycles. The number of halogens is 4. The van der Waals surface area contributed by atoms with E-state index in [4.69, 9.17) is 5.14 Å². The molecule has 0 unspecified atom stereocenters. The molecule has 6 heteroatoms. The van der Waals surface area contributed by atoms with Crippen molar-refractivity contribution in [2.45, 2.75) is 17.7 Å². The van der Waals surface area contributed by atoms with Crippen molar-refractivity contribution >= 4 is 11.9 Å². The third-order valence-electron chi connectivity index (χ3n) is 2.94. The average Bonchev–Trinajstić information content (AvgIpc) is 2.48. The summed E-state index contributed by atoms with van der Waals surface area (Å²) in [4.78, 5) is -0.391. The number of benzene rings is 2. The Kier molecular flexibility index (Phi) is 4.67. The first kappa shape index (κ1) is 14.9. The summed E-state index contributed by atoms with van der Waals surface area (Å²) in [5.74, 6) is -6.46. The summed E-state index contributed by atoms with van der Waals surface area (Å²) in [6.07, 6.45) is 0.402. The number of hydrogen-bond acceptors (Lipinski definition) is 2. The summed E-state index contributed by atoms with van der Waals surface area (Å²) < 4.78 is 53.7. The molecule has 0 spiro atoms. The first-order chi connectivity index (χ1) is 9.56. The van der Waals surface area contributed by atoms with Crippen LogP contribution >= 0.6 is 11.9 Å². The van der Waals surface area contributed by atoms with Crippen LogP contribution in [0.4, 0.5) is 17.6 Å². The predicted molar refractivity (Wildman–Crippen MR) is 70.2 cm³/mol. The van der Waals surface area contributed by atoms with E-state index in [1.54, 1.807) is 12.1 Å². The molecule has 0 aliphatic heterocycles. The molecule has 2 aromatic rings. The summed E-state index contributed by atoms with van der Waals surface area (Å²) in [6, 6.07) is 9.04. The van der Waals surface area contributed by atoms with Crippen LogP contribution in [-0.2, 0) is 12.8 Å². The fourth-order valence-electron chi connectivity index (χ4n) is 1.92. The molecule has 0 heterocycles. The first-order valence-electron chi connectivity index (χ1n) is 5.81. The number of hydrogen-bond donors (Lipinski definition) is 1. The highest BCUT2D eigenvalue weighted by Gasteiger charge is 2.24. The van der Waals surface area contributed by atoms with Crippen LogP contribution in [0.15, 0.2) is 35.2 Å². The van der Waals surface area contributed by atoms with E-state index < -0.39 is 28.2 Å². The van der Waals surface area contributed by atoms with Crippen LogP contribution in [0.1, 0.15) is 11.1 Å². The lowest BCUT2D eigenvalue weighted by Gasteiger charge is -2.11. The molecule has 0 atom stereocenters. The van der Waals surface area contributed by atoms with Crippen LogP contribution < -0.4 is 5.14 Å². The van der Waals surface area contributed by atoms with E-state index in [2.05, 4.69) is 0 Å². The lowest BCUT2D eigenvalue weighted by molar-refractivity contribution is 0.392. The van der Waals surface area contributed by atoms with Gasteiger partial charge in [-0.15, -0.1) is 0 Å². The van der Waals surface area contributed by atoms with Gasteiger partial charge < -0.3 is 0 Å². The normalized spacial score (nSPS) is 10.8. The van der Waals surface area contributed by atoms with Gasteiger partial charge in [0.25, 0.3) is 0 Å². The lowest BCUT2D eigenvalue weighted by atomic mass is 10.0. The smallest absolute Gasteiger partial charge is 0.198 e. The topological polar surface area (TPSA) is 26.0 Å². The number of nitrogens with two attached hydrogens (primary N) is 1. The Morgan fingerprint density at radius 1 is 0.800 bits per heavy atom. The Balaban J connectivity index is 2.36. The van der Waals surface area contributed by atoms with Gasteiger partial charge in [-0.05, 0) is 30.4 Å². The van der Waals surface area contributed by atoms with Gasteiger partial charge in [-0.25, -0.2) is 17.6 Å². The van der Waals surface area contributed by atoms with Crippen LogP contribution in [0.2, 0.25) is 0 Å². The monoisotopic (exact) mass is 301 g/mol. The highest BCUT2D eigenvalue weighted by Crippen LogP contribution is 2.30. The molecule has 106 valence electrons. The van der Waals surface area contributed by atoms with Crippen LogP contribution in [0, 0.1) is 23.3 Å². The van der Waals surface area contributed by atoms with Crippen LogP contribution in [0.3, 0.4) is 0 Å². The summed E-state index contributed by atoms with van der Waals surface area (Å²) >= 11 is 0.373. The maximum atomic E-state index is 13.7. The third kappa shape index (κ3) is 2.81. The second-order valence-electron chi connectivity index (χ2n) is 4.17. The number of aryl methyl sites for hydroxylation is 1. The highest BCUT2D eigenvalue weighted by molar-refractivity contribution is 7.97. The van der Waals surface area contributed by atoms with Crippen molar-refractivity contribution in [2.75, 3.05) is 0 Å². The molecule has 0 fully saturated rings. The molecular weight excluding hydrogens is 290 g/mol. The predicted octanol–water partition coefficient (Wildman–Crippen LogP) is 3.99. The van der Waals surface area contributed by atoms with Gasteiger partial charge in [-0.1, -0.05) is 30.3 Å². The van der Waals surface area contributed by atoms with Crippen LogP contribution in [-0.4, -0.2) is 0 Å². The molecule has 0 aromatic heterocycles. The van der Waals surface area contributed by atoms with Gasteiger partial charge in [0.2, 0.25) is 0 Å². The van der Waals surface area contributed by atoms with Crippen molar-refractivity contribution in [3.8, 4) is 0 Å². The highest BCUT2D eigenvalue weighted by atomic mass is 32.2. The van der Waals surface area contributed by atoms with E-state index in [0.717, 1.165) is 5.56 Å². The summed E-state index contributed by atoms with van der Waals surface area (Å²) in [5, 5.41) is 5.23. The van der Waals surface area contributed by atoms with E-state index in [0.29, 0.717) is 18.4 Å². The molecule has 0 radical (unpaired) electrons. The van der Waals surface area contributed by atoms with Crippen LogP contribution in [0.25, 0.3) is 0 Å². The standard InChI is InChI=1S/C14H11F4NS/c15-10-9(7-6-8-4-2-1-3-5-8)14(20-19)13(18)12(17)11(10)16/h1-5H,6-7,19H2. The Hall–Kier alpha value is -1.53. The van der Waals surface area contributed by atoms with E-state index in [1.165, 1.54) is 0 Å². The molecule has 2 aromatic carbocycles. The Morgan fingerprint density at radius 2 is 1.40 bits per heavy atom. The van der Waals surface area contributed by atoms with Crippen molar-refractivity contribution < 1.29 is 17.6 Å². The van der Waals surface area contributed by atoms with Crippen molar-refractivity contribution in [1.82, 2.24) is 0 Å². The largest absolute Gasteiger partial charge is 0.273 e. The molecular formula is C14H11F4NS. The summed E-state index contributed by atoms with van der Waals surface area (Å²) in [5.41, 5.74) is 0.641. The zero-order valence-corrected chi connectivity index (χ0v) is 11.1. The van der Waals surface area contributed by atoms with Gasteiger partial charge in [0.15, 0.2) is 23.3 Å². The molecule has 0 aliphatic rings. The second-order valence-corrected chi connectivity index (χ2v) is 4.81. The molecule has 2 N–H and O–H groups in total. The SMILES string of the molecule is NSc1c(F)c(F)c(F)c(F)c1CCc1ccccc1. The van der Waals surface area contributed by atoms with Gasteiger partial charge in [0.05, 0.1) is 4.90 Å². The van der Waals surface area contributed by atoms with E-state index >= 15 is 0 Å². The zero-order valence-electron chi connectivity index (χ0n) is 10.3. The fraction of sp³-hybridized carbons (Fsp3) is 0.143. The third-order valence-corrected chi connectivity index (χ3v) is 3.60. The minimum atomic E-state index is -1.83. The van der Waals surface area contributed by atoms with Gasteiger partial charge >= 0.3 is 0 Å². The zero-order chi connectivity index (χ0) is 14.7. The van der Waals surface area contributed by atoms with Gasteiger partial charge in [-0.2, -0.15) is 0 Å². The maximum absolute atomic E-state index is 13.7. The summed E-state index contributed by atoms with van der Waals surface area (Å²) in [6.45, 7) is 0. The van der Waals surface area contributed by atoms with Crippen molar-refractivity contribution in [3.05, 3.63) is 64.7 Å². The Bertz CT molecular complexity index is 617. The average molecular weight is 301 g/mol. The maximum Gasteiger partial charge on any atom is 0.198 e. The van der Waals surface area contributed by atoms with E-state index in [-0.39, 0.29) is 12.0 Å². The first-order valence-corrected chi connectivity index (χ1v) is 6.69. The Labute approximate surface area is 117 Å². The van der Waals surface area contributed by atoms with Crippen molar-refractivity contribution in [3.63, 3.8) is 0 Å². The van der Waals surface area contributed by atoms with Gasteiger partial charge in [0, 0.05) is 5.56 Å². The fourth-order valence-corrected chi connectivity index (χ4v) is 2.44. The second kappa shape index (κ2) is 6.28. The van der Waals surface area contributed by atoms with Crippen LogP contribution in [0.5, 0.6) is 0 Å². The van der Waals surface area contributed by atoms with Gasteiger partial charge in [-0.3, -0.25) is 5.14 Å². The van der Waals surface area contributed by atoms with Crippen molar-refractivity contribution in [2.24, 2.45) is 5.14 Å². The molecule has 0 aliphatic carbocycles. The molecule has 20 heavy (non-hydrogen) atoms.